The molecule has 1 aliphatic heterocycles. The molecule has 4 atom stereocenters. The van der Waals surface area contributed by atoms with Crippen molar-refractivity contribution in [2.45, 2.75) is 103 Å². The van der Waals surface area contributed by atoms with Crippen LogP contribution in [0.15, 0.2) is 60.7 Å². The van der Waals surface area contributed by atoms with E-state index < -0.39 is 35.9 Å². The maximum atomic E-state index is 13.4. The summed E-state index contributed by atoms with van der Waals surface area (Å²) in [4.78, 5) is 28.3. The first-order valence-electron chi connectivity index (χ1n) is 13.8. The molecule has 7 nitrogen and oxygen atoms in total. The van der Waals surface area contributed by atoms with E-state index in [0.29, 0.717) is 25.3 Å². The predicted octanol–water partition coefficient (Wildman–Crippen LogP) is 5.45. The van der Waals surface area contributed by atoms with Crippen molar-refractivity contribution in [3.8, 4) is 0 Å². The van der Waals surface area contributed by atoms with E-state index in [2.05, 4.69) is 19.2 Å². The van der Waals surface area contributed by atoms with Crippen molar-refractivity contribution in [1.29, 1.82) is 0 Å². The molecule has 1 aliphatic rings. The molecule has 38 heavy (non-hydrogen) atoms. The maximum absolute atomic E-state index is 13.4. The number of rotatable bonds is 11. The minimum Gasteiger partial charge on any atom is -0.459 e. The van der Waals surface area contributed by atoms with Gasteiger partial charge in [0.15, 0.2) is 0 Å². The fourth-order valence-corrected chi connectivity index (χ4v) is 5.22. The third-order valence-corrected chi connectivity index (χ3v) is 7.20. The molecule has 1 heterocycles. The normalized spacial score (nSPS) is 20.8. The van der Waals surface area contributed by atoms with Crippen LogP contribution in [0.25, 0.3) is 0 Å². The summed E-state index contributed by atoms with van der Waals surface area (Å²) in [7, 11) is 0. The highest BCUT2D eigenvalue weighted by Crippen LogP contribution is 2.33. The van der Waals surface area contributed by atoms with Gasteiger partial charge in [-0.2, -0.15) is 0 Å². The molecular formula is C31H44N2O5. The second kappa shape index (κ2) is 13.8. The van der Waals surface area contributed by atoms with E-state index >= 15 is 0 Å². The standard InChI is InChI=1S/C31H44N2O5/c1-6-22(7-2)18-27(34)28-25(32-30(36)37-21-24-16-12-9-13-17-24)19-26(29(35)38-31(3,4)5)33(28)20-23-14-10-8-11-15-23/h8-17,22,25-28,34H,6-7,18-21H2,1-5H3,(H,32,36)/t25-,26?,27?,28-/m1/s1. The quantitative estimate of drug-likeness (QED) is 0.380. The zero-order valence-electron chi connectivity index (χ0n) is 23.4. The minimum absolute atomic E-state index is 0.142. The molecule has 0 bridgehead atoms. The molecule has 7 heteroatoms. The van der Waals surface area contributed by atoms with Gasteiger partial charge < -0.3 is 19.9 Å². The van der Waals surface area contributed by atoms with Crippen molar-refractivity contribution in [3.63, 3.8) is 0 Å². The van der Waals surface area contributed by atoms with E-state index in [1.54, 1.807) is 0 Å². The molecule has 2 unspecified atom stereocenters. The van der Waals surface area contributed by atoms with Crippen LogP contribution in [-0.2, 0) is 27.4 Å². The van der Waals surface area contributed by atoms with E-state index in [0.717, 1.165) is 24.0 Å². The van der Waals surface area contributed by atoms with E-state index in [4.69, 9.17) is 9.47 Å². The summed E-state index contributed by atoms with van der Waals surface area (Å²) in [6.45, 7) is 10.4. The largest absolute Gasteiger partial charge is 0.459 e. The summed E-state index contributed by atoms with van der Waals surface area (Å²) < 4.78 is 11.3. The molecule has 0 spiro atoms. The summed E-state index contributed by atoms with van der Waals surface area (Å²) in [6.07, 6.45) is 1.50. The fourth-order valence-electron chi connectivity index (χ4n) is 5.22. The number of carbonyl (C=O) groups excluding carboxylic acids is 2. The van der Waals surface area contributed by atoms with Crippen LogP contribution in [0.5, 0.6) is 0 Å². The monoisotopic (exact) mass is 524 g/mol. The van der Waals surface area contributed by atoms with Crippen LogP contribution in [-0.4, -0.2) is 51.9 Å². The van der Waals surface area contributed by atoms with E-state index in [9.17, 15) is 14.7 Å². The number of benzene rings is 2. The molecule has 1 amide bonds. The van der Waals surface area contributed by atoms with Gasteiger partial charge in [-0.3, -0.25) is 9.69 Å². The topological polar surface area (TPSA) is 88.1 Å². The fraction of sp³-hybridized carbons (Fsp3) is 0.548. The summed E-state index contributed by atoms with van der Waals surface area (Å²) in [5.74, 6) is -0.00930. The smallest absolute Gasteiger partial charge is 0.407 e. The number of esters is 1. The van der Waals surface area contributed by atoms with Crippen LogP contribution in [0.2, 0.25) is 0 Å². The van der Waals surface area contributed by atoms with Gasteiger partial charge in [0, 0.05) is 6.54 Å². The number of hydrogen-bond acceptors (Lipinski definition) is 6. The second-order valence-corrected chi connectivity index (χ2v) is 11.2. The van der Waals surface area contributed by atoms with Crippen LogP contribution >= 0.6 is 0 Å². The molecule has 0 aromatic heterocycles. The molecule has 0 radical (unpaired) electrons. The van der Waals surface area contributed by atoms with Gasteiger partial charge in [0.25, 0.3) is 0 Å². The highest BCUT2D eigenvalue weighted by molar-refractivity contribution is 5.77. The number of aliphatic hydroxyl groups excluding tert-OH is 1. The number of aliphatic hydroxyl groups is 1. The zero-order chi connectivity index (χ0) is 27.7. The Morgan fingerprint density at radius 3 is 2.13 bits per heavy atom. The third-order valence-electron chi connectivity index (χ3n) is 7.20. The Balaban J connectivity index is 1.87. The summed E-state index contributed by atoms with van der Waals surface area (Å²) in [6, 6.07) is 17.8. The van der Waals surface area contributed by atoms with Gasteiger partial charge >= 0.3 is 12.1 Å². The molecule has 2 aromatic rings. The Bertz CT molecular complexity index is 1000. The summed E-state index contributed by atoms with van der Waals surface area (Å²) in [5, 5.41) is 14.5. The van der Waals surface area contributed by atoms with Crippen molar-refractivity contribution < 1.29 is 24.2 Å². The van der Waals surface area contributed by atoms with Crippen molar-refractivity contribution in [2.75, 3.05) is 0 Å². The Morgan fingerprint density at radius 1 is 1.00 bits per heavy atom. The zero-order valence-corrected chi connectivity index (χ0v) is 23.4. The van der Waals surface area contributed by atoms with Crippen LogP contribution in [0.3, 0.4) is 0 Å². The lowest BCUT2D eigenvalue weighted by Crippen LogP contribution is -2.53. The average molecular weight is 525 g/mol. The Labute approximate surface area is 227 Å². The molecule has 0 saturated carbocycles. The number of alkyl carbamates (subject to hydrolysis) is 1. The first kappa shape index (κ1) is 29.7. The summed E-state index contributed by atoms with van der Waals surface area (Å²) >= 11 is 0. The molecule has 0 aliphatic carbocycles. The van der Waals surface area contributed by atoms with Gasteiger partial charge in [0.1, 0.15) is 18.2 Å². The van der Waals surface area contributed by atoms with Gasteiger partial charge in [-0.15, -0.1) is 0 Å². The Hall–Kier alpha value is -2.90. The molecule has 3 rings (SSSR count). The minimum atomic E-state index is -0.740. The van der Waals surface area contributed by atoms with Crippen molar-refractivity contribution in [3.05, 3.63) is 71.8 Å². The van der Waals surface area contributed by atoms with Crippen molar-refractivity contribution in [1.82, 2.24) is 10.2 Å². The van der Waals surface area contributed by atoms with E-state index in [1.807, 2.05) is 86.3 Å². The van der Waals surface area contributed by atoms with Gasteiger partial charge in [-0.1, -0.05) is 87.4 Å². The average Bonchev–Trinajstić information content (AvgIpc) is 3.23. The lowest BCUT2D eigenvalue weighted by Gasteiger charge is -2.36. The number of nitrogens with zero attached hydrogens (tertiary/aromatic N) is 1. The van der Waals surface area contributed by atoms with Crippen LogP contribution in [0.1, 0.15) is 71.4 Å². The van der Waals surface area contributed by atoms with Gasteiger partial charge in [0.05, 0.1) is 18.2 Å². The van der Waals surface area contributed by atoms with Gasteiger partial charge in [0.2, 0.25) is 0 Å². The number of amides is 1. The van der Waals surface area contributed by atoms with E-state index in [-0.39, 0.29) is 12.6 Å². The number of nitrogens with one attached hydrogen (secondary N) is 1. The van der Waals surface area contributed by atoms with Crippen LogP contribution < -0.4 is 5.32 Å². The number of ether oxygens (including phenoxy) is 2. The lowest BCUT2D eigenvalue weighted by atomic mass is 9.90. The van der Waals surface area contributed by atoms with Crippen molar-refractivity contribution >= 4 is 12.1 Å². The molecular weight excluding hydrogens is 480 g/mol. The Kier molecular flexibility index (Phi) is 10.7. The second-order valence-electron chi connectivity index (χ2n) is 11.2. The molecule has 2 N–H and O–H groups in total. The molecule has 208 valence electrons. The van der Waals surface area contributed by atoms with Gasteiger partial charge in [-0.05, 0) is 50.7 Å². The third kappa shape index (κ3) is 8.57. The first-order chi connectivity index (χ1) is 18.1. The highest BCUT2D eigenvalue weighted by atomic mass is 16.6. The number of likely N-dealkylation sites (tertiary alicyclic amines) is 1. The molecule has 1 fully saturated rings. The first-order valence-corrected chi connectivity index (χ1v) is 13.8. The van der Waals surface area contributed by atoms with Crippen LogP contribution in [0.4, 0.5) is 4.79 Å². The van der Waals surface area contributed by atoms with Crippen molar-refractivity contribution in [2.24, 2.45) is 5.92 Å². The predicted molar refractivity (Wildman–Crippen MR) is 148 cm³/mol. The van der Waals surface area contributed by atoms with Gasteiger partial charge in [-0.25, -0.2) is 4.79 Å². The summed E-state index contributed by atoms with van der Waals surface area (Å²) in [5.41, 5.74) is 1.25. The number of hydrogen-bond donors (Lipinski definition) is 2. The highest BCUT2D eigenvalue weighted by Gasteiger charge is 2.49. The van der Waals surface area contributed by atoms with Crippen LogP contribution in [0, 0.1) is 5.92 Å². The molecule has 1 saturated heterocycles. The Morgan fingerprint density at radius 2 is 1.58 bits per heavy atom. The lowest BCUT2D eigenvalue weighted by molar-refractivity contribution is -0.161. The number of carbonyl (C=O) groups is 2. The maximum Gasteiger partial charge on any atom is 0.407 e. The molecule has 2 aromatic carbocycles. The van der Waals surface area contributed by atoms with E-state index in [1.165, 1.54) is 0 Å². The SMILES string of the molecule is CCC(CC)CC(O)[C@H]1[C@H](NC(=O)OCc2ccccc2)CC(C(=O)OC(C)(C)C)N1Cc1ccccc1.